The molecule has 1 aromatic heterocycles. The number of imide groups is 1. The molecule has 47 heavy (non-hydrogen) atoms. The number of alkyl halides is 1. The lowest BCUT2D eigenvalue weighted by atomic mass is 9.85. The van der Waals surface area contributed by atoms with Crippen LogP contribution in [0, 0.1) is 28.8 Å². The van der Waals surface area contributed by atoms with Crippen molar-refractivity contribution in [1.29, 1.82) is 0 Å². The molecule has 1 saturated heterocycles. The summed E-state index contributed by atoms with van der Waals surface area (Å²) in [6, 6.07) is 8.75. The summed E-state index contributed by atoms with van der Waals surface area (Å²) < 4.78 is 59.8. The summed E-state index contributed by atoms with van der Waals surface area (Å²) >= 11 is 0. The van der Waals surface area contributed by atoms with Crippen LogP contribution >= 0.6 is 0 Å². The molecule has 0 spiro atoms. The predicted molar refractivity (Wildman–Crippen MR) is 170 cm³/mol. The number of unbranched alkanes of at least 4 members (excludes halogenated alkanes) is 3. The van der Waals surface area contributed by atoms with E-state index in [1.54, 1.807) is 16.8 Å². The molecule has 1 fully saturated rings. The van der Waals surface area contributed by atoms with Crippen LogP contribution in [0.15, 0.2) is 54.6 Å². The van der Waals surface area contributed by atoms with Crippen molar-refractivity contribution in [2.75, 3.05) is 32.7 Å². The summed E-state index contributed by atoms with van der Waals surface area (Å²) in [6.45, 7) is 8.64. The molecule has 3 heterocycles. The van der Waals surface area contributed by atoms with Crippen molar-refractivity contribution in [2.24, 2.45) is 11.3 Å². The van der Waals surface area contributed by atoms with Gasteiger partial charge in [-0.15, -0.1) is 0 Å². The van der Waals surface area contributed by atoms with Crippen molar-refractivity contribution in [3.8, 4) is 11.4 Å². The molecule has 12 heteroatoms. The molecule has 5 rings (SSSR count). The third-order valence-electron chi connectivity index (χ3n) is 8.74. The van der Waals surface area contributed by atoms with Gasteiger partial charge in [0.25, 0.3) is 11.8 Å². The number of halogens is 4. The number of rotatable bonds is 14. The van der Waals surface area contributed by atoms with Crippen LogP contribution in [0.1, 0.15) is 63.9 Å². The second-order valence-electron chi connectivity index (χ2n) is 13.5. The predicted octanol–water partition coefficient (Wildman–Crippen LogP) is 5.84. The van der Waals surface area contributed by atoms with E-state index in [9.17, 15) is 22.8 Å². The first kappa shape index (κ1) is 34.4. The maximum Gasteiger partial charge on any atom is 0.253 e. The van der Waals surface area contributed by atoms with Gasteiger partial charge < -0.3 is 10.2 Å². The third-order valence-corrected chi connectivity index (χ3v) is 8.74. The first-order valence-corrected chi connectivity index (χ1v) is 16.2. The maximum atomic E-state index is 15.3. The fourth-order valence-electron chi connectivity index (χ4n) is 6.23. The Morgan fingerprint density at radius 2 is 1.62 bits per heavy atom. The number of carbonyl (C=O) groups excluding carboxylic acids is 2. The second kappa shape index (κ2) is 14.9. The minimum Gasteiger partial charge on any atom is -0.306 e. The molecular formula is C35H42F4N6O2. The Bertz CT molecular complexity index is 1580. The number of hydrogen-bond acceptors (Lipinski definition) is 6. The lowest BCUT2D eigenvalue weighted by Crippen LogP contribution is -2.39. The van der Waals surface area contributed by atoms with Crippen LogP contribution in [0.25, 0.3) is 11.4 Å². The number of nitrogens with one attached hydrogen (secondary N) is 1. The molecule has 1 N–H and O–H groups in total. The van der Waals surface area contributed by atoms with E-state index < -0.39 is 35.1 Å². The van der Waals surface area contributed by atoms with Gasteiger partial charge in [-0.2, -0.15) is 5.10 Å². The molecule has 0 radical (unpaired) electrons. The first-order chi connectivity index (χ1) is 22.4. The molecular weight excluding hydrogens is 612 g/mol. The molecule has 2 aromatic carbocycles. The van der Waals surface area contributed by atoms with E-state index in [-0.39, 0.29) is 35.7 Å². The lowest BCUT2D eigenvalue weighted by Gasteiger charge is -2.32. The number of aromatic nitrogens is 3. The number of likely N-dealkylation sites (tertiary alicyclic amines) is 1. The van der Waals surface area contributed by atoms with Crippen LogP contribution in [0.4, 0.5) is 17.6 Å². The largest absolute Gasteiger partial charge is 0.306 e. The quantitative estimate of drug-likeness (QED) is 0.134. The van der Waals surface area contributed by atoms with Gasteiger partial charge in [0.05, 0.1) is 18.2 Å². The standard InChI is InChI=1S/C35H42F4N6O2/c1-35(2,3)32(40-19-24-21-43(22-29(24)39)15-6-4-5-7-16-44-30(46)13-14-31(44)47)34-41-33(27-18-26(37)11-12-28(27)38)42-45(34)20-23-9-8-10-25(36)17-23/h8-14,17-18,24,29,32,40H,4-7,15-16,19-22H2,1-3H3/t24-,29+,32+/m1/s1. The molecule has 8 nitrogen and oxygen atoms in total. The highest BCUT2D eigenvalue weighted by molar-refractivity contribution is 6.12. The molecule has 3 aromatic rings. The smallest absolute Gasteiger partial charge is 0.253 e. The first-order valence-electron chi connectivity index (χ1n) is 16.2. The van der Waals surface area contributed by atoms with E-state index in [1.807, 2.05) is 20.8 Å². The van der Waals surface area contributed by atoms with Crippen LogP contribution in [0.3, 0.4) is 0 Å². The van der Waals surface area contributed by atoms with Crippen molar-refractivity contribution < 1.29 is 27.2 Å². The number of benzene rings is 2. The second-order valence-corrected chi connectivity index (χ2v) is 13.5. The fraction of sp³-hybridized carbons (Fsp3) is 0.486. The summed E-state index contributed by atoms with van der Waals surface area (Å²) in [7, 11) is 0. The molecule has 0 saturated carbocycles. The Morgan fingerprint density at radius 1 is 0.915 bits per heavy atom. The summed E-state index contributed by atoms with van der Waals surface area (Å²) in [4.78, 5) is 31.4. The number of amides is 2. The SMILES string of the molecule is CC(C)(C)[C@@H](NC[C@@H]1CN(CCCCCCN2C(=O)C=CC2=O)C[C@@H]1F)c1nc(-c2cc(F)ccc2F)nn1Cc1cccc(F)c1. The van der Waals surface area contributed by atoms with E-state index in [0.717, 1.165) is 50.4 Å². The monoisotopic (exact) mass is 654 g/mol. The van der Waals surface area contributed by atoms with Crippen molar-refractivity contribution in [3.63, 3.8) is 0 Å². The third kappa shape index (κ3) is 8.72. The molecule has 0 unspecified atom stereocenters. The van der Waals surface area contributed by atoms with Gasteiger partial charge in [0.1, 0.15) is 29.4 Å². The zero-order chi connectivity index (χ0) is 33.7. The Balaban J connectivity index is 1.23. The highest BCUT2D eigenvalue weighted by Crippen LogP contribution is 2.34. The highest BCUT2D eigenvalue weighted by atomic mass is 19.1. The van der Waals surface area contributed by atoms with E-state index in [2.05, 4.69) is 20.3 Å². The zero-order valence-electron chi connectivity index (χ0n) is 27.1. The van der Waals surface area contributed by atoms with Crippen LogP contribution in [-0.2, 0) is 16.1 Å². The van der Waals surface area contributed by atoms with E-state index in [1.165, 1.54) is 29.2 Å². The molecule has 2 aliphatic heterocycles. The maximum absolute atomic E-state index is 15.3. The fourth-order valence-corrected chi connectivity index (χ4v) is 6.23. The van der Waals surface area contributed by atoms with Crippen molar-refractivity contribution in [3.05, 3.63) is 83.5 Å². The summed E-state index contributed by atoms with van der Waals surface area (Å²) in [5.74, 6) is -2.01. The van der Waals surface area contributed by atoms with Gasteiger partial charge in [-0.3, -0.25) is 14.5 Å². The van der Waals surface area contributed by atoms with Crippen molar-refractivity contribution in [2.45, 2.75) is 65.2 Å². The van der Waals surface area contributed by atoms with Gasteiger partial charge in [-0.1, -0.05) is 45.7 Å². The Hall–Kier alpha value is -3.90. The van der Waals surface area contributed by atoms with E-state index >= 15 is 4.39 Å². The summed E-state index contributed by atoms with van der Waals surface area (Å²) in [5, 5.41) is 8.07. The zero-order valence-corrected chi connectivity index (χ0v) is 27.1. The minimum absolute atomic E-state index is 0.00941. The molecule has 252 valence electrons. The number of hydrogen-bond donors (Lipinski definition) is 1. The highest BCUT2D eigenvalue weighted by Gasteiger charge is 2.36. The van der Waals surface area contributed by atoms with Crippen molar-refractivity contribution >= 4 is 11.8 Å². The van der Waals surface area contributed by atoms with Crippen LogP contribution < -0.4 is 5.32 Å². The van der Waals surface area contributed by atoms with Crippen LogP contribution in [0.5, 0.6) is 0 Å². The Morgan fingerprint density at radius 3 is 2.32 bits per heavy atom. The van der Waals surface area contributed by atoms with Gasteiger partial charge in [0.15, 0.2) is 5.82 Å². The van der Waals surface area contributed by atoms with Gasteiger partial charge in [0, 0.05) is 44.2 Å². The number of nitrogens with zero attached hydrogens (tertiary/aromatic N) is 5. The average molecular weight is 655 g/mol. The molecule has 0 aliphatic carbocycles. The van der Waals surface area contributed by atoms with E-state index in [4.69, 9.17) is 0 Å². The molecule has 3 atom stereocenters. The molecule has 2 amide bonds. The van der Waals surface area contributed by atoms with Crippen LogP contribution in [0.2, 0.25) is 0 Å². The van der Waals surface area contributed by atoms with Gasteiger partial charge in [0.2, 0.25) is 0 Å². The Kier molecular flexibility index (Phi) is 10.9. The normalized spacial score (nSPS) is 19.3. The summed E-state index contributed by atoms with van der Waals surface area (Å²) in [6.07, 6.45) is 4.98. The topological polar surface area (TPSA) is 83.4 Å². The minimum atomic E-state index is -1.02. The van der Waals surface area contributed by atoms with Crippen LogP contribution in [-0.4, -0.2) is 75.3 Å². The van der Waals surface area contributed by atoms with Gasteiger partial charge in [-0.25, -0.2) is 27.2 Å². The Labute approximate surface area is 272 Å². The average Bonchev–Trinajstić information content (AvgIpc) is 3.68. The van der Waals surface area contributed by atoms with Gasteiger partial charge >= 0.3 is 0 Å². The number of carbonyl (C=O) groups is 2. The van der Waals surface area contributed by atoms with E-state index in [0.29, 0.717) is 37.6 Å². The molecule has 0 bridgehead atoms. The molecule has 2 aliphatic rings. The summed E-state index contributed by atoms with van der Waals surface area (Å²) in [5.41, 5.74) is 0.108. The van der Waals surface area contributed by atoms with Crippen molar-refractivity contribution in [1.82, 2.24) is 29.9 Å². The van der Waals surface area contributed by atoms with Gasteiger partial charge in [-0.05, 0) is 60.7 Å². The lowest BCUT2D eigenvalue weighted by molar-refractivity contribution is -0.136.